The Morgan fingerprint density at radius 1 is 1.00 bits per heavy atom. The quantitative estimate of drug-likeness (QED) is 0.752. The molecule has 0 spiro atoms. The van der Waals surface area contributed by atoms with Crippen molar-refractivity contribution in [3.05, 3.63) is 71.8 Å². The fraction of sp³-hybridized carbons (Fsp3) is 0.417. The number of imide groups is 1. The summed E-state index contributed by atoms with van der Waals surface area (Å²) in [4.78, 5) is 29.6. The molecule has 4 rings (SSSR count). The minimum atomic E-state index is -0.493. The standard InChI is InChI=1S/C24H28N2O3/c1-2-20-15-25(14-19-11-7-4-8-12-19)16-22(20)23(27)26-21(17-29-24(26)28)13-18-9-5-3-6-10-18/h3-12,20-22H,2,13-17H2,1H3/t20-,21-,22+/m1/s1. The van der Waals surface area contributed by atoms with Crippen LogP contribution in [0.3, 0.4) is 0 Å². The van der Waals surface area contributed by atoms with Gasteiger partial charge in [-0.05, 0) is 23.5 Å². The number of ether oxygens (including phenoxy) is 1. The van der Waals surface area contributed by atoms with Crippen LogP contribution >= 0.6 is 0 Å². The van der Waals surface area contributed by atoms with Crippen LogP contribution in [0.25, 0.3) is 0 Å². The Balaban J connectivity index is 1.46. The van der Waals surface area contributed by atoms with Gasteiger partial charge in [0.05, 0.1) is 12.0 Å². The van der Waals surface area contributed by atoms with Gasteiger partial charge in [0, 0.05) is 19.6 Å². The van der Waals surface area contributed by atoms with Gasteiger partial charge in [-0.15, -0.1) is 0 Å². The molecule has 3 atom stereocenters. The second kappa shape index (κ2) is 8.78. The molecule has 2 heterocycles. The van der Waals surface area contributed by atoms with Crippen LogP contribution in [0.4, 0.5) is 4.79 Å². The molecule has 2 aliphatic rings. The van der Waals surface area contributed by atoms with Crippen LogP contribution in [0.15, 0.2) is 60.7 Å². The number of rotatable bonds is 6. The Labute approximate surface area is 172 Å². The van der Waals surface area contributed by atoms with Crippen LogP contribution in [-0.4, -0.2) is 47.5 Å². The summed E-state index contributed by atoms with van der Waals surface area (Å²) in [5.41, 5.74) is 2.36. The second-order valence-corrected chi connectivity index (χ2v) is 8.08. The molecular formula is C24H28N2O3. The lowest BCUT2D eigenvalue weighted by Gasteiger charge is -2.25. The highest BCUT2D eigenvalue weighted by atomic mass is 16.6. The molecule has 2 fully saturated rings. The van der Waals surface area contributed by atoms with E-state index in [0.717, 1.165) is 25.1 Å². The molecule has 0 radical (unpaired) electrons. The van der Waals surface area contributed by atoms with Crippen molar-refractivity contribution in [2.75, 3.05) is 19.7 Å². The average Bonchev–Trinajstić information content (AvgIpc) is 3.32. The first-order valence-corrected chi connectivity index (χ1v) is 10.5. The van der Waals surface area contributed by atoms with Crippen LogP contribution in [0.5, 0.6) is 0 Å². The Bertz CT molecular complexity index is 840. The lowest BCUT2D eigenvalue weighted by Crippen LogP contribution is -2.45. The van der Waals surface area contributed by atoms with Crippen molar-refractivity contribution in [3.8, 4) is 0 Å². The fourth-order valence-corrected chi connectivity index (χ4v) is 4.57. The third-order valence-corrected chi connectivity index (χ3v) is 6.12. The molecule has 2 aromatic carbocycles. The average molecular weight is 392 g/mol. The summed E-state index contributed by atoms with van der Waals surface area (Å²) in [5, 5.41) is 0. The maximum Gasteiger partial charge on any atom is 0.416 e. The molecule has 2 aromatic rings. The molecule has 5 nitrogen and oxygen atoms in total. The van der Waals surface area contributed by atoms with Gasteiger partial charge in [-0.2, -0.15) is 0 Å². The van der Waals surface area contributed by atoms with Crippen molar-refractivity contribution in [1.29, 1.82) is 0 Å². The third-order valence-electron chi connectivity index (χ3n) is 6.12. The van der Waals surface area contributed by atoms with E-state index in [0.29, 0.717) is 13.0 Å². The maximum absolute atomic E-state index is 13.4. The Kier molecular flexibility index (Phi) is 5.95. The molecule has 2 amide bonds. The summed E-state index contributed by atoms with van der Waals surface area (Å²) in [6.45, 7) is 4.80. The molecule has 0 aliphatic carbocycles. The van der Waals surface area contributed by atoms with Gasteiger partial charge in [0.2, 0.25) is 5.91 Å². The maximum atomic E-state index is 13.4. The summed E-state index contributed by atoms with van der Waals surface area (Å²) < 4.78 is 5.27. The van der Waals surface area contributed by atoms with Gasteiger partial charge in [-0.1, -0.05) is 74.0 Å². The van der Waals surface area contributed by atoms with Gasteiger partial charge in [0.15, 0.2) is 0 Å². The summed E-state index contributed by atoms with van der Waals surface area (Å²) >= 11 is 0. The highest BCUT2D eigenvalue weighted by Gasteiger charge is 2.45. The molecule has 2 aliphatic heterocycles. The topological polar surface area (TPSA) is 49.9 Å². The summed E-state index contributed by atoms with van der Waals surface area (Å²) in [6.07, 6.45) is 1.07. The molecule has 2 saturated heterocycles. The van der Waals surface area contributed by atoms with E-state index in [4.69, 9.17) is 4.74 Å². The van der Waals surface area contributed by atoms with E-state index in [9.17, 15) is 9.59 Å². The lowest BCUT2D eigenvalue weighted by molar-refractivity contribution is -0.134. The van der Waals surface area contributed by atoms with E-state index in [2.05, 4.69) is 24.0 Å². The van der Waals surface area contributed by atoms with Gasteiger partial charge in [-0.3, -0.25) is 9.69 Å². The fourth-order valence-electron chi connectivity index (χ4n) is 4.57. The number of amides is 2. The van der Waals surface area contributed by atoms with Gasteiger partial charge >= 0.3 is 6.09 Å². The van der Waals surface area contributed by atoms with Crippen molar-refractivity contribution >= 4 is 12.0 Å². The predicted molar refractivity (Wildman–Crippen MR) is 111 cm³/mol. The second-order valence-electron chi connectivity index (χ2n) is 8.08. The molecule has 29 heavy (non-hydrogen) atoms. The minimum Gasteiger partial charge on any atom is -0.447 e. The van der Waals surface area contributed by atoms with Gasteiger partial charge in [0.25, 0.3) is 0 Å². The molecule has 0 saturated carbocycles. The normalized spacial score (nSPS) is 24.7. The van der Waals surface area contributed by atoms with Crippen molar-refractivity contribution < 1.29 is 14.3 Å². The van der Waals surface area contributed by atoms with E-state index < -0.39 is 6.09 Å². The van der Waals surface area contributed by atoms with E-state index in [1.54, 1.807) is 0 Å². The highest BCUT2D eigenvalue weighted by Crippen LogP contribution is 2.31. The number of cyclic esters (lactones) is 1. The first-order chi connectivity index (χ1) is 14.2. The molecule has 0 bridgehead atoms. The van der Waals surface area contributed by atoms with Crippen LogP contribution in [0.2, 0.25) is 0 Å². The van der Waals surface area contributed by atoms with Crippen molar-refractivity contribution in [2.24, 2.45) is 11.8 Å². The number of hydrogen-bond acceptors (Lipinski definition) is 4. The summed E-state index contributed by atoms with van der Waals surface area (Å²) in [6, 6.07) is 20.1. The van der Waals surface area contributed by atoms with Crippen molar-refractivity contribution in [3.63, 3.8) is 0 Å². The van der Waals surface area contributed by atoms with Crippen LogP contribution in [0, 0.1) is 11.8 Å². The first kappa shape index (κ1) is 19.6. The Hall–Kier alpha value is -2.66. The van der Waals surface area contributed by atoms with E-state index >= 15 is 0 Å². The first-order valence-electron chi connectivity index (χ1n) is 10.5. The predicted octanol–water partition coefficient (Wildman–Crippen LogP) is 3.73. The monoisotopic (exact) mass is 392 g/mol. The SMILES string of the molecule is CC[C@@H]1CN(Cc2ccccc2)C[C@@H]1C(=O)N1C(=O)OC[C@H]1Cc1ccccc1. The molecule has 0 unspecified atom stereocenters. The van der Waals surface area contributed by atoms with Crippen molar-refractivity contribution in [1.82, 2.24) is 9.80 Å². The van der Waals surface area contributed by atoms with Crippen LogP contribution < -0.4 is 0 Å². The van der Waals surface area contributed by atoms with Gasteiger partial charge < -0.3 is 4.74 Å². The largest absolute Gasteiger partial charge is 0.447 e. The summed E-state index contributed by atoms with van der Waals surface area (Å²) in [7, 11) is 0. The molecule has 5 heteroatoms. The van der Waals surface area contributed by atoms with Crippen molar-refractivity contribution in [2.45, 2.75) is 32.4 Å². The zero-order valence-electron chi connectivity index (χ0n) is 16.9. The third kappa shape index (κ3) is 4.35. The number of hydrogen-bond donors (Lipinski definition) is 0. The summed E-state index contributed by atoms with van der Waals surface area (Å²) in [5.74, 6) is 0.0282. The Morgan fingerprint density at radius 3 is 2.31 bits per heavy atom. The van der Waals surface area contributed by atoms with E-state index in [-0.39, 0.29) is 30.4 Å². The van der Waals surface area contributed by atoms with Crippen LogP contribution in [-0.2, 0) is 22.5 Å². The van der Waals surface area contributed by atoms with Gasteiger partial charge in [0.1, 0.15) is 6.61 Å². The van der Waals surface area contributed by atoms with E-state index in [1.807, 2.05) is 48.5 Å². The molecular weight excluding hydrogens is 364 g/mol. The molecule has 152 valence electrons. The highest BCUT2D eigenvalue weighted by molar-refractivity contribution is 5.95. The van der Waals surface area contributed by atoms with Gasteiger partial charge in [-0.25, -0.2) is 9.69 Å². The van der Waals surface area contributed by atoms with E-state index in [1.165, 1.54) is 10.5 Å². The van der Waals surface area contributed by atoms with Crippen LogP contribution in [0.1, 0.15) is 24.5 Å². The number of benzene rings is 2. The molecule has 0 N–H and O–H groups in total. The number of carbonyl (C=O) groups is 2. The molecule has 0 aromatic heterocycles. The minimum absolute atomic E-state index is 0.0733. The number of nitrogens with zero attached hydrogens (tertiary/aromatic N) is 2. The Morgan fingerprint density at radius 2 is 1.66 bits per heavy atom. The lowest BCUT2D eigenvalue weighted by atomic mass is 9.92. The number of carbonyl (C=O) groups excluding carboxylic acids is 2. The number of likely N-dealkylation sites (tertiary alicyclic amines) is 1. The smallest absolute Gasteiger partial charge is 0.416 e. The zero-order chi connectivity index (χ0) is 20.2. The zero-order valence-corrected chi connectivity index (χ0v) is 16.9.